The number of amides is 1. The third kappa shape index (κ3) is 5.13. The number of halogens is 4. The van der Waals surface area contributed by atoms with E-state index in [1.807, 2.05) is 23.1 Å². The minimum atomic E-state index is 0. The molecule has 2 aliphatic rings. The zero-order chi connectivity index (χ0) is 15.5. The van der Waals surface area contributed by atoms with Crippen molar-refractivity contribution in [2.24, 2.45) is 0 Å². The molecule has 4 nitrogen and oxygen atoms in total. The number of likely N-dealkylation sites (tertiary alicyclic amines) is 1. The summed E-state index contributed by atoms with van der Waals surface area (Å²) >= 11 is 12.1. The average Bonchev–Trinajstić information content (AvgIpc) is 3.01. The van der Waals surface area contributed by atoms with Crippen LogP contribution in [0.25, 0.3) is 0 Å². The lowest BCUT2D eigenvalue weighted by molar-refractivity contribution is -0.133. The van der Waals surface area contributed by atoms with E-state index in [0.717, 1.165) is 51.1 Å². The average molecular weight is 415 g/mol. The van der Waals surface area contributed by atoms with Crippen molar-refractivity contribution < 1.29 is 4.79 Å². The van der Waals surface area contributed by atoms with E-state index in [2.05, 4.69) is 10.2 Å². The molecule has 136 valence electrons. The van der Waals surface area contributed by atoms with Crippen LogP contribution in [0.2, 0.25) is 10.0 Å². The van der Waals surface area contributed by atoms with Crippen LogP contribution in [0.1, 0.15) is 24.4 Å². The molecule has 2 heterocycles. The van der Waals surface area contributed by atoms with Crippen LogP contribution in [0.3, 0.4) is 0 Å². The molecule has 24 heavy (non-hydrogen) atoms. The molecular formula is C16H23Cl4N3O. The summed E-state index contributed by atoms with van der Waals surface area (Å²) in [5, 5.41) is 4.42. The SMILES string of the molecule is Cl.Cl.O=C(CN1CCNCC1)N1CCCC1c1ccc(Cl)c(Cl)c1. The number of rotatable bonds is 3. The third-order valence-corrected chi connectivity index (χ3v) is 5.21. The Bertz CT molecular complexity index is 552. The number of carbonyl (C=O) groups excluding carboxylic acids is 1. The summed E-state index contributed by atoms with van der Waals surface area (Å²) in [4.78, 5) is 16.9. The number of nitrogens with zero attached hydrogens (tertiary/aromatic N) is 2. The van der Waals surface area contributed by atoms with E-state index in [-0.39, 0.29) is 36.8 Å². The second kappa shape index (κ2) is 10.0. The molecule has 0 aromatic heterocycles. The van der Waals surface area contributed by atoms with Crippen LogP contribution < -0.4 is 5.32 Å². The first-order chi connectivity index (χ1) is 10.6. The highest BCUT2D eigenvalue weighted by Crippen LogP contribution is 2.35. The fourth-order valence-corrected chi connectivity index (χ4v) is 3.59. The van der Waals surface area contributed by atoms with Crippen molar-refractivity contribution in [2.75, 3.05) is 39.3 Å². The zero-order valence-corrected chi connectivity index (χ0v) is 16.5. The molecule has 0 aliphatic carbocycles. The molecule has 0 saturated carbocycles. The maximum Gasteiger partial charge on any atom is 0.237 e. The summed E-state index contributed by atoms with van der Waals surface area (Å²) in [5.74, 6) is 0.218. The Morgan fingerprint density at radius 3 is 2.50 bits per heavy atom. The predicted molar refractivity (Wildman–Crippen MR) is 104 cm³/mol. The van der Waals surface area contributed by atoms with Crippen LogP contribution in [-0.2, 0) is 4.79 Å². The number of carbonyl (C=O) groups is 1. The minimum absolute atomic E-state index is 0. The normalized spacial score (nSPS) is 21.1. The van der Waals surface area contributed by atoms with Crippen molar-refractivity contribution in [1.29, 1.82) is 0 Å². The van der Waals surface area contributed by atoms with Gasteiger partial charge in [-0.3, -0.25) is 9.69 Å². The van der Waals surface area contributed by atoms with E-state index in [1.54, 1.807) is 0 Å². The minimum Gasteiger partial charge on any atom is -0.335 e. The van der Waals surface area contributed by atoms with Gasteiger partial charge in [-0.15, -0.1) is 24.8 Å². The first-order valence-electron chi connectivity index (χ1n) is 7.82. The Hall–Kier alpha value is -0.230. The highest BCUT2D eigenvalue weighted by Gasteiger charge is 2.31. The van der Waals surface area contributed by atoms with Gasteiger partial charge >= 0.3 is 0 Å². The van der Waals surface area contributed by atoms with Crippen LogP contribution in [0, 0.1) is 0 Å². The highest BCUT2D eigenvalue weighted by molar-refractivity contribution is 6.42. The standard InChI is InChI=1S/C16H21Cl2N3O.2ClH/c17-13-4-3-12(10-14(13)18)15-2-1-7-21(15)16(22)11-20-8-5-19-6-9-20;;/h3-4,10,15,19H,1-2,5-9,11H2;2*1H. The predicted octanol–water partition coefficient (Wildman–Crippen LogP) is 3.41. The Balaban J connectivity index is 0.00000144. The molecule has 3 rings (SSSR count). The fourth-order valence-electron chi connectivity index (χ4n) is 3.28. The number of nitrogens with one attached hydrogen (secondary N) is 1. The summed E-state index contributed by atoms with van der Waals surface area (Å²) in [6, 6.07) is 5.82. The van der Waals surface area contributed by atoms with Crippen LogP contribution in [0.15, 0.2) is 18.2 Å². The fraction of sp³-hybridized carbons (Fsp3) is 0.562. The van der Waals surface area contributed by atoms with Gasteiger partial charge in [0.15, 0.2) is 0 Å². The van der Waals surface area contributed by atoms with E-state index < -0.39 is 0 Å². The zero-order valence-electron chi connectivity index (χ0n) is 13.3. The van der Waals surface area contributed by atoms with Crippen molar-refractivity contribution in [3.05, 3.63) is 33.8 Å². The molecule has 0 spiro atoms. The van der Waals surface area contributed by atoms with E-state index in [0.29, 0.717) is 16.6 Å². The van der Waals surface area contributed by atoms with Gasteiger partial charge in [0, 0.05) is 32.7 Å². The number of benzene rings is 1. The Morgan fingerprint density at radius 2 is 1.83 bits per heavy atom. The number of hydrogen-bond donors (Lipinski definition) is 1. The summed E-state index contributed by atoms with van der Waals surface area (Å²) in [5.41, 5.74) is 1.08. The largest absolute Gasteiger partial charge is 0.335 e. The van der Waals surface area contributed by atoms with Gasteiger partial charge in [0.2, 0.25) is 5.91 Å². The lowest BCUT2D eigenvalue weighted by atomic mass is 10.0. The number of piperazine rings is 1. The first kappa shape index (κ1) is 21.8. The highest BCUT2D eigenvalue weighted by atomic mass is 35.5. The molecule has 2 fully saturated rings. The van der Waals surface area contributed by atoms with Crippen molar-refractivity contribution in [2.45, 2.75) is 18.9 Å². The third-order valence-electron chi connectivity index (χ3n) is 4.47. The molecule has 8 heteroatoms. The van der Waals surface area contributed by atoms with Crippen LogP contribution in [0.4, 0.5) is 0 Å². The molecular weight excluding hydrogens is 392 g/mol. The van der Waals surface area contributed by atoms with Gasteiger partial charge in [-0.1, -0.05) is 29.3 Å². The maximum atomic E-state index is 12.7. The van der Waals surface area contributed by atoms with Crippen LogP contribution >= 0.6 is 48.0 Å². The smallest absolute Gasteiger partial charge is 0.237 e. The van der Waals surface area contributed by atoms with Gasteiger partial charge in [-0.25, -0.2) is 0 Å². The van der Waals surface area contributed by atoms with Crippen LogP contribution in [-0.4, -0.2) is 55.0 Å². The topological polar surface area (TPSA) is 35.6 Å². The molecule has 0 bridgehead atoms. The lowest BCUT2D eigenvalue weighted by Crippen LogP contribution is -2.48. The molecule has 1 aromatic rings. The molecule has 2 saturated heterocycles. The lowest BCUT2D eigenvalue weighted by Gasteiger charge is -2.31. The summed E-state index contributed by atoms with van der Waals surface area (Å²) in [6.07, 6.45) is 2.03. The number of hydrogen-bond acceptors (Lipinski definition) is 3. The Kier molecular flexibility index (Phi) is 9.13. The van der Waals surface area contributed by atoms with E-state index in [1.165, 1.54) is 0 Å². The van der Waals surface area contributed by atoms with Gasteiger partial charge in [0.25, 0.3) is 0 Å². The maximum absolute atomic E-state index is 12.7. The van der Waals surface area contributed by atoms with Crippen LogP contribution in [0.5, 0.6) is 0 Å². The van der Waals surface area contributed by atoms with E-state index >= 15 is 0 Å². The van der Waals surface area contributed by atoms with Gasteiger partial charge in [0.05, 0.1) is 22.6 Å². The molecule has 1 unspecified atom stereocenters. The molecule has 1 N–H and O–H groups in total. The van der Waals surface area contributed by atoms with Gasteiger partial charge in [-0.2, -0.15) is 0 Å². The quantitative estimate of drug-likeness (QED) is 0.823. The first-order valence-corrected chi connectivity index (χ1v) is 8.58. The van der Waals surface area contributed by atoms with E-state index in [4.69, 9.17) is 23.2 Å². The second-order valence-corrected chi connectivity index (χ2v) is 6.76. The van der Waals surface area contributed by atoms with Crippen molar-refractivity contribution >= 4 is 53.9 Å². The Labute approximate surface area is 165 Å². The Morgan fingerprint density at radius 1 is 1.12 bits per heavy atom. The molecule has 1 aromatic carbocycles. The summed E-state index contributed by atoms with van der Waals surface area (Å²) in [6.45, 7) is 5.15. The molecule has 2 aliphatic heterocycles. The molecule has 1 atom stereocenters. The second-order valence-electron chi connectivity index (χ2n) is 5.94. The van der Waals surface area contributed by atoms with Gasteiger partial charge in [0.1, 0.15) is 0 Å². The van der Waals surface area contributed by atoms with Crippen molar-refractivity contribution in [3.8, 4) is 0 Å². The molecule has 1 amide bonds. The summed E-state index contributed by atoms with van der Waals surface area (Å²) < 4.78 is 0. The summed E-state index contributed by atoms with van der Waals surface area (Å²) in [7, 11) is 0. The molecule has 0 radical (unpaired) electrons. The van der Waals surface area contributed by atoms with E-state index in [9.17, 15) is 4.79 Å². The van der Waals surface area contributed by atoms with Crippen molar-refractivity contribution in [3.63, 3.8) is 0 Å². The monoisotopic (exact) mass is 413 g/mol. The van der Waals surface area contributed by atoms with Crippen molar-refractivity contribution in [1.82, 2.24) is 15.1 Å². The van der Waals surface area contributed by atoms with Gasteiger partial charge < -0.3 is 10.2 Å². The van der Waals surface area contributed by atoms with Gasteiger partial charge in [-0.05, 0) is 30.5 Å².